The first-order chi connectivity index (χ1) is 10.6. The van der Waals surface area contributed by atoms with E-state index >= 15 is 0 Å². The molecular weight excluding hydrogens is 300 g/mol. The Kier molecular flexibility index (Phi) is 6.12. The van der Waals surface area contributed by atoms with Crippen LogP contribution in [0.3, 0.4) is 0 Å². The van der Waals surface area contributed by atoms with Gasteiger partial charge < -0.3 is 15.4 Å². The number of benzene rings is 1. The number of amides is 2. The number of primary amides is 1. The van der Waals surface area contributed by atoms with E-state index in [1.165, 1.54) is 11.8 Å². The van der Waals surface area contributed by atoms with Crippen LogP contribution in [-0.2, 0) is 9.59 Å². The van der Waals surface area contributed by atoms with E-state index in [4.69, 9.17) is 10.5 Å². The fourth-order valence-electron chi connectivity index (χ4n) is 2.45. The van der Waals surface area contributed by atoms with Gasteiger partial charge in [0.05, 0.1) is 12.4 Å². The Morgan fingerprint density at radius 1 is 1.27 bits per heavy atom. The fraction of sp³-hybridized carbons (Fsp3) is 0.500. The first-order valence-electron chi connectivity index (χ1n) is 7.53. The number of rotatable bonds is 6. The molecule has 0 radical (unpaired) electrons. The maximum Gasteiger partial charge on any atom is 0.232 e. The average Bonchev–Trinajstić information content (AvgIpc) is 2.54. The minimum absolute atomic E-state index is 0.0807. The van der Waals surface area contributed by atoms with E-state index < -0.39 is 0 Å². The van der Waals surface area contributed by atoms with Gasteiger partial charge in [0.15, 0.2) is 0 Å². The van der Waals surface area contributed by atoms with Crippen molar-refractivity contribution in [3.8, 4) is 5.75 Å². The summed E-state index contributed by atoms with van der Waals surface area (Å²) in [5.74, 6) is 1.03. The van der Waals surface area contributed by atoms with Crippen LogP contribution in [0, 0.1) is 5.92 Å². The van der Waals surface area contributed by atoms with Gasteiger partial charge in [0, 0.05) is 23.9 Å². The molecule has 2 N–H and O–H groups in total. The van der Waals surface area contributed by atoms with Crippen molar-refractivity contribution in [2.75, 3.05) is 25.4 Å². The van der Waals surface area contributed by atoms with E-state index in [0.717, 1.165) is 10.6 Å². The predicted octanol–water partition coefficient (Wildman–Crippen LogP) is 1.90. The Morgan fingerprint density at radius 3 is 2.45 bits per heavy atom. The summed E-state index contributed by atoms with van der Waals surface area (Å²) in [6.07, 6.45) is 1.35. The number of thioether (sulfide) groups is 1. The fourth-order valence-corrected chi connectivity index (χ4v) is 3.25. The molecule has 0 atom stereocenters. The van der Waals surface area contributed by atoms with Crippen LogP contribution in [0.5, 0.6) is 5.75 Å². The zero-order chi connectivity index (χ0) is 15.9. The summed E-state index contributed by atoms with van der Waals surface area (Å²) in [7, 11) is 0. The molecule has 0 spiro atoms. The monoisotopic (exact) mass is 322 g/mol. The minimum Gasteiger partial charge on any atom is -0.494 e. The highest BCUT2D eigenvalue weighted by Gasteiger charge is 2.25. The van der Waals surface area contributed by atoms with Crippen LogP contribution in [0.1, 0.15) is 19.8 Å². The molecule has 1 aliphatic heterocycles. The van der Waals surface area contributed by atoms with Gasteiger partial charge in [-0.3, -0.25) is 9.59 Å². The molecule has 6 heteroatoms. The number of hydrogen-bond acceptors (Lipinski definition) is 4. The van der Waals surface area contributed by atoms with Gasteiger partial charge in [-0.05, 0) is 44.0 Å². The van der Waals surface area contributed by atoms with Crippen molar-refractivity contribution in [3.05, 3.63) is 24.3 Å². The molecule has 1 heterocycles. The van der Waals surface area contributed by atoms with E-state index in [1.807, 2.05) is 36.1 Å². The first kappa shape index (κ1) is 16.7. The number of carbonyl (C=O) groups is 2. The third-order valence-corrected chi connectivity index (χ3v) is 4.74. The molecule has 22 heavy (non-hydrogen) atoms. The smallest absolute Gasteiger partial charge is 0.232 e. The van der Waals surface area contributed by atoms with Crippen LogP contribution in [0.15, 0.2) is 29.2 Å². The van der Waals surface area contributed by atoms with Gasteiger partial charge in [-0.25, -0.2) is 0 Å². The van der Waals surface area contributed by atoms with Crippen molar-refractivity contribution in [1.29, 1.82) is 0 Å². The molecule has 1 fully saturated rings. The summed E-state index contributed by atoms with van der Waals surface area (Å²) in [6, 6.07) is 7.74. The van der Waals surface area contributed by atoms with E-state index in [-0.39, 0.29) is 17.7 Å². The highest BCUT2D eigenvalue weighted by atomic mass is 32.2. The summed E-state index contributed by atoms with van der Waals surface area (Å²) in [6.45, 7) is 3.83. The molecule has 120 valence electrons. The number of likely N-dealkylation sites (tertiary alicyclic amines) is 1. The average molecular weight is 322 g/mol. The summed E-state index contributed by atoms with van der Waals surface area (Å²) < 4.78 is 5.39. The maximum atomic E-state index is 12.2. The number of ether oxygens (including phenoxy) is 1. The maximum absolute atomic E-state index is 12.2. The molecule has 1 saturated heterocycles. The Bertz CT molecular complexity index is 511. The second kappa shape index (κ2) is 8.08. The molecule has 1 aromatic carbocycles. The summed E-state index contributed by atoms with van der Waals surface area (Å²) in [5.41, 5.74) is 5.30. The van der Waals surface area contributed by atoms with Gasteiger partial charge in [-0.15, -0.1) is 11.8 Å². The highest BCUT2D eigenvalue weighted by Crippen LogP contribution is 2.23. The second-order valence-electron chi connectivity index (χ2n) is 5.25. The number of nitrogens with two attached hydrogens (primary N) is 1. The molecule has 0 aromatic heterocycles. The van der Waals surface area contributed by atoms with E-state index in [0.29, 0.717) is 38.3 Å². The van der Waals surface area contributed by atoms with Crippen LogP contribution in [0.2, 0.25) is 0 Å². The van der Waals surface area contributed by atoms with Gasteiger partial charge in [-0.2, -0.15) is 0 Å². The quantitative estimate of drug-likeness (QED) is 0.812. The Morgan fingerprint density at radius 2 is 1.91 bits per heavy atom. The van der Waals surface area contributed by atoms with Crippen LogP contribution < -0.4 is 10.5 Å². The summed E-state index contributed by atoms with van der Waals surface area (Å²) in [4.78, 5) is 26.2. The van der Waals surface area contributed by atoms with Crippen LogP contribution in [0.25, 0.3) is 0 Å². The van der Waals surface area contributed by atoms with Gasteiger partial charge in [0.1, 0.15) is 5.75 Å². The second-order valence-corrected chi connectivity index (χ2v) is 6.30. The highest BCUT2D eigenvalue weighted by molar-refractivity contribution is 8.00. The first-order valence-corrected chi connectivity index (χ1v) is 8.51. The van der Waals surface area contributed by atoms with Crippen LogP contribution >= 0.6 is 11.8 Å². The molecule has 2 amide bonds. The predicted molar refractivity (Wildman–Crippen MR) is 86.8 cm³/mol. The van der Waals surface area contributed by atoms with Gasteiger partial charge in [0.25, 0.3) is 0 Å². The van der Waals surface area contributed by atoms with Gasteiger partial charge >= 0.3 is 0 Å². The molecule has 0 aliphatic carbocycles. The van der Waals surface area contributed by atoms with E-state index in [9.17, 15) is 9.59 Å². The Hall–Kier alpha value is -1.69. The lowest BCUT2D eigenvalue weighted by molar-refractivity contribution is -0.132. The van der Waals surface area contributed by atoms with E-state index in [2.05, 4.69) is 0 Å². The van der Waals surface area contributed by atoms with Gasteiger partial charge in [0.2, 0.25) is 11.8 Å². The Balaban J connectivity index is 1.77. The number of hydrogen-bond donors (Lipinski definition) is 1. The molecular formula is C16H22N2O3S. The normalized spacial score (nSPS) is 15.6. The zero-order valence-corrected chi connectivity index (χ0v) is 13.6. The number of piperidine rings is 1. The molecule has 5 nitrogen and oxygen atoms in total. The SMILES string of the molecule is CCOc1ccc(SCC(=O)N2CCC(C(N)=O)CC2)cc1. The lowest BCUT2D eigenvalue weighted by Gasteiger charge is -2.30. The minimum atomic E-state index is -0.254. The lowest BCUT2D eigenvalue weighted by Crippen LogP contribution is -2.42. The Labute approximate surface area is 135 Å². The van der Waals surface area contributed by atoms with Crippen LogP contribution in [0.4, 0.5) is 0 Å². The molecule has 1 aromatic rings. The summed E-state index contributed by atoms with van der Waals surface area (Å²) >= 11 is 1.52. The largest absolute Gasteiger partial charge is 0.494 e. The zero-order valence-electron chi connectivity index (χ0n) is 12.8. The topological polar surface area (TPSA) is 72.6 Å². The summed E-state index contributed by atoms with van der Waals surface area (Å²) in [5, 5.41) is 0. The molecule has 0 saturated carbocycles. The van der Waals surface area contributed by atoms with Crippen molar-refractivity contribution in [1.82, 2.24) is 4.90 Å². The third-order valence-electron chi connectivity index (χ3n) is 3.75. The van der Waals surface area contributed by atoms with Crippen molar-refractivity contribution in [2.45, 2.75) is 24.7 Å². The molecule has 1 aliphatic rings. The van der Waals surface area contributed by atoms with Crippen LogP contribution in [-0.4, -0.2) is 42.2 Å². The molecule has 2 rings (SSSR count). The van der Waals surface area contributed by atoms with Crippen molar-refractivity contribution in [2.24, 2.45) is 11.7 Å². The molecule has 0 unspecified atom stereocenters. The number of nitrogens with zero attached hydrogens (tertiary/aromatic N) is 1. The lowest BCUT2D eigenvalue weighted by atomic mass is 9.96. The van der Waals surface area contributed by atoms with Crippen molar-refractivity contribution in [3.63, 3.8) is 0 Å². The third kappa shape index (κ3) is 4.66. The molecule has 0 bridgehead atoms. The van der Waals surface area contributed by atoms with Gasteiger partial charge in [-0.1, -0.05) is 0 Å². The number of carbonyl (C=O) groups excluding carboxylic acids is 2. The standard InChI is InChI=1S/C16H22N2O3S/c1-2-21-13-3-5-14(6-4-13)22-11-15(19)18-9-7-12(8-10-18)16(17)20/h3-6,12H,2,7-11H2,1H3,(H2,17,20). The van der Waals surface area contributed by atoms with Crippen molar-refractivity contribution >= 4 is 23.6 Å². The van der Waals surface area contributed by atoms with Crippen molar-refractivity contribution < 1.29 is 14.3 Å². The van der Waals surface area contributed by atoms with E-state index in [1.54, 1.807) is 0 Å².